The molecule has 0 radical (unpaired) electrons. The minimum absolute atomic E-state index is 1.09. The van der Waals surface area contributed by atoms with Gasteiger partial charge in [-0.15, -0.1) is 0 Å². The lowest BCUT2D eigenvalue weighted by atomic mass is 9.89. The Morgan fingerprint density at radius 2 is 1.82 bits per heavy atom. The van der Waals surface area contributed by atoms with E-state index in [4.69, 9.17) is 0 Å². The lowest BCUT2D eigenvalue weighted by Gasteiger charge is -2.15. The normalized spacial score (nSPS) is 13.1. The number of hydrogen-bond acceptors (Lipinski definition) is 0. The number of hydrogen-bond donors (Lipinski definition) is 0. The fourth-order valence-corrected chi connectivity index (χ4v) is 3.56. The summed E-state index contributed by atoms with van der Waals surface area (Å²) >= 11 is 0. The van der Waals surface area contributed by atoms with Gasteiger partial charge in [-0.25, -0.2) is 0 Å². The summed E-state index contributed by atoms with van der Waals surface area (Å²) in [6.45, 7) is 6.77. The van der Waals surface area contributed by atoms with Gasteiger partial charge in [0.25, 0.3) is 0 Å². The van der Waals surface area contributed by atoms with E-state index in [0.717, 1.165) is 12.8 Å². The van der Waals surface area contributed by atoms with Crippen LogP contribution in [0.4, 0.5) is 0 Å². The van der Waals surface area contributed by atoms with Gasteiger partial charge < -0.3 is 0 Å². The Kier molecular flexibility index (Phi) is 4.47. The topological polar surface area (TPSA) is 0 Å². The third kappa shape index (κ3) is 2.75. The molecule has 0 atom stereocenters. The first kappa shape index (κ1) is 15.1. The molecular formula is C22H26. The fraction of sp³-hybridized carbons (Fsp3) is 0.364. The molecule has 2 aromatic carbocycles. The Labute approximate surface area is 134 Å². The molecule has 0 amide bonds. The molecule has 0 nitrogen and oxygen atoms in total. The Morgan fingerprint density at radius 3 is 2.55 bits per heavy atom. The number of allylic oxidation sites excluding steroid dienone is 1. The van der Waals surface area contributed by atoms with Crippen LogP contribution in [0.2, 0.25) is 0 Å². The molecular weight excluding hydrogens is 264 g/mol. The van der Waals surface area contributed by atoms with E-state index in [1.165, 1.54) is 52.6 Å². The molecule has 3 rings (SSSR count). The molecule has 0 saturated carbocycles. The highest BCUT2D eigenvalue weighted by Gasteiger charge is 2.19. The summed E-state index contributed by atoms with van der Waals surface area (Å²) in [4.78, 5) is 0. The quantitative estimate of drug-likeness (QED) is 0.601. The maximum absolute atomic E-state index is 2.48. The molecule has 0 heterocycles. The van der Waals surface area contributed by atoms with Crippen LogP contribution >= 0.6 is 0 Å². The van der Waals surface area contributed by atoms with Gasteiger partial charge in [0.15, 0.2) is 0 Å². The van der Waals surface area contributed by atoms with E-state index in [1.54, 1.807) is 5.57 Å². The molecule has 0 bridgehead atoms. The molecule has 1 aliphatic carbocycles. The molecule has 0 unspecified atom stereocenters. The van der Waals surface area contributed by atoms with E-state index in [9.17, 15) is 0 Å². The van der Waals surface area contributed by atoms with Gasteiger partial charge in [0.2, 0.25) is 0 Å². The third-order valence-electron chi connectivity index (χ3n) is 4.83. The number of aryl methyl sites for hydroxylation is 2. The number of unbranched alkanes of at least 4 members (excludes halogenated alkanes) is 1. The van der Waals surface area contributed by atoms with Gasteiger partial charge in [0, 0.05) is 0 Å². The van der Waals surface area contributed by atoms with Crippen LogP contribution in [0.1, 0.15) is 55.4 Å². The Bertz CT molecular complexity index is 704. The molecule has 114 valence electrons. The van der Waals surface area contributed by atoms with Crippen molar-refractivity contribution >= 4 is 6.08 Å². The molecule has 0 aromatic heterocycles. The summed E-state index contributed by atoms with van der Waals surface area (Å²) < 4.78 is 0. The van der Waals surface area contributed by atoms with E-state index in [2.05, 4.69) is 63.2 Å². The average molecular weight is 290 g/mol. The van der Waals surface area contributed by atoms with E-state index in [-0.39, 0.29) is 0 Å². The molecule has 0 heteroatoms. The van der Waals surface area contributed by atoms with Crippen LogP contribution in [-0.4, -0.2) is 0 Å². The minimum Gasteiger partial charge on any atom is -0.0654 e. The summed E-state index contributed by atoms with van der Waals surface area (Å²) in [5.41, 5.74) is 10.3. The van der Waals surface area contributed by atoms with Crippen molar-refractivity contribution in [1.82, 2.24) is 0 Å². The van der Waals surface area contributed by atoms with Crippen LogP contribution in [0.5, 0.6) is 0 Å². The molecule has 0 saturated heterocycles. The first-order valence-electron chi connectivity index (χ1n) is 8.64. The van der Waals surface area contributed by atoms with E-state index in [0.29, 0.717) is 0 Å². The first-order chi connectivity index (χ1) is 10.7. The van der Waals surface area contributed by atoms with Crippen LogP contribution < -0.4 is 0 Å². The summed E-state index contributed by atoms with van der Waals surface area (Å²) in [6, 6.07) is 13.5. The van der Waals surface area contributed by atoms with Gasteiger partial charge in [0.1, 0.15) is 0 Å². The standard InChI is InChI=1S/C22H26/c1-4-6-10-17-14-19-13-12-18(5-2)22(21(19)15-17)20-11-8-7-9-16(20)3/h7-9,11-13,15H,4-6,10,14H2,1-3H3. The van der Waals surface area contributed by atoms with Gasteiger partial charge in [-0.05, 0) is 66.0 Å². The first-order valence-corrected chi connectivity index (χ1v) is 8.64. The maximum Gasteiger partial charge on any atom is -0.00576 e. The smallest absolute Gasteiger partial charge is 0.00576 e. The van der Waals surface area contributed by atoms with Gasteiger partial charge in [-0.2, -0.15) is 0 Å². The highest BCUT2D eigenvalue weighted by atomic mass is 14.2. The maximum atomic E-state index is 2.48. The molecule has 0 aliphatic heterocycles. The molecule has 0 fully saturated rings. The van der Waals surface area contributed by atoms with E-state index >= 15 is 0 Å². The van der Waals surface area contributed by atoms with Gasteiger partial charge in [-0.3, -0.25) is 0 Å². The summed E-state index contributed by atoms with van der Waals surface area (Å²) in [7, 11) is 0. The molecule has 2 aromatic rings. The molecule has 0 spiro atoms. The SMILES string of the molecule is CCCCC1=Cc2c(ccc(CC)c2-c2ccccc2C)C1. The van der Waals surface area contributed by atoms with Gasteiger partial charge in [-0.1, -0.05) is 68.3 Å². The molecule has 1 aliphatic rings. The van der Waals surface area contributed by atoms with Gasteiger partial charge >= 0.3 is 0 Å². The number of benzene rings is 2. The lowest BCUT2D eigenvalue weighted by Crippen LogP contribution is -1.95. The highest BCUT2D eigenvalue weighted by Crippen LogP contribution is 2.39. The van der Waals surface area contributed by atoms with Crippen molar-refractivity contribution in [3.05, 3.63) is 64.2 Å². The summed E-state index contributed by atoms with van der Waals surface area (Å²) in [5, 5.41) is 0. The second-order valence-electron chi connectivity index (χ2n) is 6.42. The molecule has 22 heavy (non-hydrogen) atoms. The average Bonchev–Trinajstić information content (AvgIpc) is 2.95. The number of fused-ring (bicyclic) bond motifs is 1. The van der Waals surface area contributed by atoms with Crippen LogP contribution in [0.3, 0.4) is 0 Å². The van der Waals surface area contributed by atoms with Crippen molar-refractivity contribution in [3.8, 4) is 11.1 Å². The predicted octanol–water partition coefficient (Wildman–Crippen LogP) is 6.35. The van der Waals surface area contributed by atoms with E-state index in [1.807, 2.05) is 0 Å². The molecule has 0 N–H and O–H groups in total. The van der Waals surface area contributed by atoms with Crippen molar-refractivity contribution in [2.75, 3.05) is 0 Å². The van der Waals surface area contributed by atoms with Crippen molar-refractivity contribution in [2.45, 2.75) is 52.9 Å². The Balaban J connectivity index is 2.12. The zero-order chi connectivity index (χ0) is 15.5. The Morgan fingerprint density at radius 1 is 1.00 bits per heavy atom. The van der Waals surface area contributed by atoms with Crippen LogP contribution in [-0.2, 0) is 12.8 Å². The van der Waals surface area contributed by atoms with Crippen molar-refractivity contribution in [1.29, 1.82) is 0 Å². The highest BCUT2D eigenvalue weighted by molar-refractivity contribution is 5.84. The largest absolute Gasteiger partial charge is 0.0654 e. The zero-order valence-corrected chi connectivity index (χ0v) is 14.1. The predicted molar refractivity (Wildman–Crippen MR) is 97.2 cm³/mol. The van der Waals surface area contributed by atoms with Crippen molar-refractivity contribution in [3.63, 3.8) is 0 Å². The van der Waals surface area contributed by atoms with Crippen molar-refractivity contribution in [2.24, 2.45) is 0 Å². The minimum atomic E-state index is 1.09. The van der Waals surface area contributed by atoms with Crippen LogP contribution in [0.15, 0.2) is 42.0 Å². The van der Waals surface area contributed by atoms with Crippen LogP contribution in [0.25, 0.3) is 17.2 Å². The second kappa shape index (κ2) is 6.52. The van der Waals surface area contributed by atoms with Gasteiger partial charge in [0.05, 0.1) is 0 Å². The lowest BCUT2D eigenvalue weighted by molar-refractivity contribution is 0.779. The summed E-state index contributed by atoms with van der Waals surface area (Å²) in [5.74, 6) is 0. The van der Waals surface area contributed by atoms with Crippen LogP contribution in [0, 0.1) is 6.92 Å². The zero-order valence-electron chi connectivity index (χ0n) is 14.1. The summed E-state index contributed by atoms with van der Waals surface area (Å²) in [6.07, 6.45) is 8.55. The number of rotatable bonds is 5. The Hall–Kier alpha value is -1.82. The fourth-order valence-electron chi connectivity index (χ4n) is 3.56. The third-order valence-corrected chi connectivity index (χ3v) is 4.83. The van der Waals surface area contributed by atoms with E-state index < -0.39 is 0 Å². The monoisotopic (exact) mass is 290 g/mol. The van der Waals surface area contributed by atoms with Crippen molar-refractivity contribution < 1.29 is 0 Å². The second-order valence-corrected chi connectivity index (χ2v) is 6.42.